The molecule has 0 aliphatic rings. The Labute approximate surface area is 136 Å². The van der Waals surface area contributed by atoms with E-state index in [1.54, 1.807) is 12.1 Å². The highest BCUT2D eigenvalue weighted by Gasteiger charge is 2.33. The van der Waals surface area contributed by atoms with Gasteiger partial charge in [-0.2, -0.15) is 0 Å². The maximum atomic E-state index is 12.3. The molecule has 0 bridgehead atoms. The van der Waals surface area contributed by atoms with Gasteiger partial charge in [0.15, 0.2) is 0 Å². The number of carbonyl (C=O) groups excluding carboxylic acids is 2. The molecule has 6 heteroatoms. The Bertz CT molecular complexity index is 571. The normalized spacial score (nSPS) is 13.4. The number of aliphatic carboxylic acids is 1. The Morgan fingerprint density at radius 3 is 2.39 bits per heavy atom. The molecule has 0 saturated carbocycles. The van der Waals surface area contributed by atoms with Gasteiger partial charge in [-0.15, -0.1) is 0 Å². The molecule has 0 spiro atoms. The van der Waals surface area contributed by atoms with E-state index in [0.29, 0.717) is 11.3 Å². The molecule has 0 radical (unpaired) electrons. The van der Waals surface area contributed by atoms with Crippen molar-refractivity contribution in [2.24, 2.45) is 11.7 Å². The Morgan fingerprint density at radius 2 is 1.91 bits per heavy atom. The zero-order valence-electron chi connectivity index (χ0n) is 13.7. The predicted octanol–water partition coefficient (Wildman–Crippen LogP) is 1.35. The van der Waals surface area contributed by atoms with Crippen LogP contribution in [0.15, 0.2) is 24.3 Å². The number of hydrogen-bond acceptors (Lipinski definition) is 4. The van der Waals surface area contributed by atoms with Gasteiger partial charge in [0.1, 0.15) is 6.04 Å². The van der Waals surface area contributed by atoms with Gasteiger partial charge in [0.05, 0.1) is 6.04 Å². The van der Waals surface area contributed by atoms with Gasteiger partial charge >= 0.3 is 5.97 Å². The van der Waals surface area contributed by atoms with E-state index in [-0.39, 0.29) is 18.7 Å². The molecule has 2 atom stereocenters. The number of hydrogen-bond donors (Lipinski definition) is 2. The Morgan fingerprint density at radius 1 is 1.30 bits per heavy atom. The van der Waals surface area contributed by atoms with E-state index in [1.165, 1.54) is 0 Å². The molecule has 0 saturated heterocycles. The summed E-state index contributed by atoms with van der Waals surface area (Å²) in [5.74, 6) is -1.72. The third kappa shape index (κ3) is 5.17. The van der Waals surface area contributed by atoms with Crippen LogP contribution in [0, 0.1) is 12.8 Å². The molecule has 0 aliphatic carbocycles. The molecule has 2 amide bonds. The lowest BCUT2D eigenvalue weighted by atomic mass is 9.98. The van der Waals surface area contributed by atoms with Crippen molar-refractivity contribution in [3.05, 3.63) is 35.4 Å². The molecule has 6 nitrogen and oxygen atoms in total. The van der Waals surface area contributed by atoms with Crippen LogP contribution in [-0.2, 0) is 20.8 Å². The van der Waals surface area contributed by atoms with E-state index in [9.17, 15) is 19.5 Å². The van der Waals surface area contributed by atoms with Crippen LogP contribution in [0.4, 0.5) is 0 Å². The first-order valence-corrected chi connectivity index (χ1v) is 7.58. The molecule has 0 fully saturated rings. The molecule has 0 heterocycles. The number of carboxylic acids is 1. The zero-order valence-corrected chi connectivity index (χ0v) is 13.7. The van der Waals surface area contributed by atoms with Crippen molar-refractivity contribution in [2.45, 2.75) is 45.7 Å². The number of amides is 2. The summed E-state index contributed by atoms with van der Waals surface area (Å²) in [7, 11) is 0. The van der Waals surface area contributed by atoms with Gasteiger partial charge < -0.3 is 10.8 Å². The highest BCUT2D eigenvalue weighted by atomic mass is 16.4. The SMILES string of the molecule is Cc1ccccc1CC(C(=O)O)N(C=O)C(=O)C(N)CC(C)C. The molecular weight excluding hydrogens is 296 g/mol. The Hall–Kier alpha value is -2.21. The molecule has 23 heavy (non-hydrogen) atoms. The molecular formula is C17H24N2O4. The largest absolute Gasteiger partial charge is 0.480 e. The van der Waals surface area contributed by atoms with Gasteiger partial charge in [0, 0.05) is 6.42 Å². The van der Waals surface area contributed by atoms with Crippen LogP contribution >= 0.6 is 0 Å². The molecule has 1 aromatic rings. The molecule has 0 aliphatic heterocycles. The third-order valence-corrected chi connectivity index (χ3v) is 3.71. The maximum absolute atomic E-state index is 12.3. The molecule has 2 unspecified atom stereocenters. The van der Waals surface area contributed by atoms with Crippen LogP contribution in [0.2, 0.25) is 0 Å². The lowest BCUT2D eigenvalue weighted by Crippen LogP contribution is -2.52. The van der Waals surface area contributed by atoms with E-state index in [0.717, 1.165) is 11.1 Å². The number of imide groups is 1. The van der Waals surface area contributed by atoms with Crippen molar-refractivity contribution in [2.75, 3.05) is 0 Å². The van der Waals surface area contributed by atoms with Crippen LogP contribution in [0.1, 0.15) is 31.4 Å². The summed E-state index contributed by atoms with van der Waals surface area (Å²) in [6.07, 6.45) is 0.709. The molecule has 0 aromatic heterocycles. The number of carbonyl (C=O) groups is 3. The summed E-state index contributed by atoms with van der Waals surface area (Å²) < 4.78 is 0. The van der Waals surface area contributed by atoms with E-state index >= 15 is 0 Å². The second kappa shape index (κ2) is 8.43. The molecule has 1 aromatic carbocycles. The minimum Gasteiger partial charge on any atom is -0.480 e. The van der Waals surface area contributed by atoms with Crippen molar-refractivity contribution in [3.8, 4) is 0 Å². The van der Waals surface area contributed by atoms with Gasteiger partial charge in [-0.25, -0.2) is 4.79 Å². The highest BCUT2D eigenvalue weighted by molar-refractivity contribution is 5.94. The summed E-state index contributed by atoms with van der Waals surface area (Å²) in [5, 5.41) is 9.45. The van der Waals surface area contributed by atoms with Crippen LogP contribution in [0.5, 0.6) is 0 Å². The van der Waals surface area contributed by atoms with E-state index < -0.39 is 24.0 Å². The predicted molar refractivity (Wildman–Crippen MR) is 86.6 cm³/mol. The summed E-state index contributed by atoms with van der Waals surface area (Å²) in [6, 6.07) is 5.12. The first-order chi connectivity index (χ1) is 10.8. The van der Waals surface area contributed by atoms with Gasteiger partial charge in [-0.3, -0.25) is 14.5 Å². The van der Waals surface area contributed by atoms with Crippen LogP contribution in [0.3, 0.4) is 0 Å². The monoisotopic (exact) mass is 320 g/mol. The van der Waals surface area contributed by atoms with Crippen molar-refractivity contribution in [1.29, 1.82) is 0 Å². The van der Waals surface area contributed by atoms with Crippen molar-refractivity contribution >= 4 is 18.3 Å². The first kappa shape index (κ1) is 18.8. The zero-order chi connectivity index (χ0) is 17.6. The average molecular weight is 320 g/mol. The smallest absolute Gasteiger partial charge is 0.327 e. The fourth-order valence-electron chi connectivity index (χ4n) is 2.43. The van der Waals surface area contributed by atoms with Crippen molar-refractivity contribution in [3.63, 3.8) is 0 Å². The highest BCUT2D eigenvalue weighted by Crippen LogP contribution is 2.15. The average Bonchev–Trinajstić information content (AvgIpc) is 2.47. The second-order valence-electron chi connectivity index (χ2n) is 6.07. The maximum Gasteiger partial charge on any atom is 0.327 e. The van der Waals surface area contributed by atoms with Crippen molar-refractivity contribution in [1.82, 2.24) is 4.90 Å². The number of nitrogens with two attached hydrogens (primary N) is 1. The van der Waals surface area contributed by atoms with Gasteiger partial charge in [-0.05, 0) is 30.4 Å². The number of aryl methyl sites for hydroxylation is 1. The lowest BCUT2D eigenvalue weighted by molar-refractivity contribution is -0.154. The van der Waals surface area contributed by atoms with Crippen LogP contribution < -0.4 is 5.73 Å². The first-order valence-electron chi connectivity index (χ1n) is 7.58. The topological polar surface area (TPSA) is 101 Å². The molecule has 1 rings (SSSR count). The number of benzene rings is 1. The third-order valence-electron chi connectivity index (χ3n) is 3.71. The van der Waals surface area contributed by atoms with Crippen LogP contribution in [-0.4, -0.2) is 40.4 Å². The van der Waals surface area contributed by atoms with Crippen LogP contribution in [0.25, 0.3) is 0 Å². The second-order valence-corrected chi connectivity index (χ2v) is 6.07. The number of nitrogens with zero attached hydrogens (tertiary/aromatic N) is 1. The summed E-state index contributed by atoms with van der Waals surface area (Å²) in [4.78, 5) is 36.0. The van der Waals surface area contributed by atoms with E-state index in [2.05, 4.69) is 0 Å². The number of rotatable bonds is 8. The van der Waals surface area contributed by atoms with Gasteiger partial charge in [-0.1, -0.05) is 38.1 Å². The standard InChI is InChI=1S/C17H24N2O4/c1-11(2)8-14(18)16(21)19(10-20)15(17(22)23)9-13-7-5-4-6-12(13)3/h4-7,10-11,14-15H,8-9,18H2,1-3H3,(H,22,23). The quantitative estimate of drug-likeness (QED) is 0.704. The minimum atomic E-state index is -1.26. The molecule has 126 valence electrons. The fraction of sp³-hybridized carbons (Fsp3) is 0.471. The summed E-state index contributed by atoms with van der Waals surface area (Å²) in [5.41, 5.74) is 7.49. The van der Waals surface area contributed by atoms with E-state index in [1.807, 2.05) is 32.9 Å². The van der Waals surface area contributed by atoms with Gasteiger partial charge in [0.2, 0.25) is 12.3 Å². The molecule has 3 N–H and O–H groups in total. The summed E-state index contributed by atoms with van der Waals surface area (Å²) >= 11 is 0. The Kier molecular flexibility index (Phi) is 6.90. The minimum absolute atomic E-state index is 0.0564. The van der Waals surface area contributed by atoms with Crippen molar-refractivity contribution < 1.29 is 19.5 Å². The summed E-state index contributed by atoms with van der Waals surface area (Å²) in [6.45, 7) is 5.66. The Balaban J connectivity index is 3.01. The van der Waals surface area contributed by atoms with Gasteiger partial charge in [0.25, 0.3) is 0 Å². The lowest BCUT2D eigenvalue weighted by Gasteiger charge is -2.27. The fourth-order valence-corrected chi connectivity index (χ4v) is 2.43. The number of carboxylic acid groups (broad SMARTS) is 1. The van der Waals surface area contributed by atoms with E-state index in [4.69, 9.17) is 5.73 Å².